The summed E-state index contributed by atoms with van der Waals surface area (Å²) >= 11 is 0. The van der Waals surface area contributed by atoms with Gasteiger partial charge in [-0.05, 0) is 59.6 Å². The zero-order valence-electron chi connectivity index (χ0n) is 25.2. The minimum atomic E-state index is -0.676. The van der Waals surface area contributed by atoms with E-state index in [2.05, 4.69) is 29.8 Å². The highest BCUT2D eigenvalue weighted by Crippen LogP contribution is 2.52. The van der Waals surface area contributed by atoms with Gasteiger partial charge in [0, 0.05) is 36.9 Å². The van der Waals surface area contributed by atoms with Crippen molar-refractivity contribution in [2.75, 3.05) is 20.2 Å². The molecular weight excluding hydrogens is 577 g/mol. The van der Waals surface area contributed by atoms with Crippen molar-refractivity contribution < 1.29 is 28.2 Å². The topological polar surface area (TPSA) is 119 Å². The van der Waals surface area contributed by atoms with Crippen LogP contribution in [0.1, 0.15) is 54.2 Å². The molecule has 0 bridgehead atoms. The maximum atomic E-state index is 14.8. The highest BCUT2D eigenvalue weighted by molar-refractivity contribution is 5.95. The third-order valence-corrected chi connectivity index (χ3v) is 9.20. The molecule has 1 N–H and O–H groups in total. The average Bonchev–Trinajstić information content (AvgIpc) is 3.30. The molecule has 3 atom stereocenters. The fourth-order valence-electron chi connectivity index (χ4n) is 6.64. The smallest absolute Gasteiger partial charge is 0.334 e. The molecule has 1 amide bonds. The summed E-state index contributed by atoms with van der Waals surface area (Å²) in [5.74, 6) is -2.26. The lowest BCUT2D eigenvalue weighted by Gasteiger charge is -2.42. The van der Waals surface area contributed by atoms with Crippen molar-refractivity contribution in [3.63, 3.8) is 0 Å². The van der Waals surface area contributed by atoms with Crippen LogP contribution in [-0.2, 0) is 25.5 Å². The third kappa shape index (κ3) is 5.84. The van der Waals surface area contributed by atoms with Crippen LogP contribution in [0.25, 0.3) is 10.8 Å². The first-order valence-corrected chi connectivity index (χ1v) is 15.0. The fraction of sp³-hybridized carbons (Fsp3) is 0.343. The Hall–Kier alpha value is -4.86. The molecule has 45 heavy (non-hydrogen) atoms. The summed E-state index contributed by atoms with van der Waals surface area (Å²) in [5.41, 5.74) is 3.06. The van der Waals surface area contributed by atoms with Gasteiger partial charge in [-0.3, -0.25) is 14.4 Å². The van der Waals surface area contributed by atoms with Gasteiger partial charge >= 0.3 is 11.9 Å². The number of aromatic nitrogens is 2. The molecule has 0 spiro atoms. The van der Waals surface area contributed by atoms with Gasteiger partial charge < -0.3 is 14.4 Å². The molecule has 2 aromatic carbocycles. The molecule has 2 unspecified atom stereocenters. The van der Waals surface area contributed by atoms with Gasteiger partial charge in [0.25, 0.3) is 11.5 Å². The van der Waals surface area contributed by atoms with E-state index >= 15 is 0 Å². The van der Waals surface area contributed by atoms with Crippen molar-refractivity contribution in [3.05, 3.63) is 111 Å². The Bertz CT molecular complexity index is 1860. The first kappa shape index (κ1) is 30.2. The van der Waals surface area contributed by atoms with Crippen molar-refractivity contribution in [2.24, 2.45) is 11.3 Å². The molecule has 1 aliphatic heterocycles. The molecular formula is C35H34FN3O6. The maximum Gasteiger partial charge on any atom is 0.334 e. The Labute approximate surface area is 259 Å². The molecule has 2 heterocycles. The molecule has 1 saturated heterocycles. The van der Waals surface area contributed by atoms with E-state index in [1.165, 1.54) is 24.1 Å². The van der Waals surface area contributed by atoms with Gasteiger partial charge in [0.1, 0.15) is 18.5 Å². The Balaban J connectivity index is 1.07. The van der Waals surface area contributed by atoms with E-state index in [4.69, 9.17) is 9.47 Å². The Morgan fingerprint density at radius 1 is 1.20 bits per heavy atom. The number of nitrogens with zero attached hydrogens (tertiary/aromatic N) is 2. The molecule has 1 fully saturated rings. The van der Waals surface area contributed by atoms with Gasteiger partial charge in [0.15, 0.2) is 0 Å². The number of carbonyl (C=O) groups excluding carboxylic acids is 3. The normalized spacial score (nSPS) is 22.2. The van der Waals surface area contributed by atoms with Crippen LogP contribution >= 0.6 is 0 Å². The number of allylic oxidation sites excluding steroid dienone is 1. The number of H-pyrrole nitrogens is 1. The molecule has 6 rings (SSSR count). The number of amides is 1. The number of ether oxygens (including phenoxy) is 2. The Kier molecular flexibility index (Phi) is 7.99. The highest BCUT2D eigenvalue weighted by atomic mass is 19.1. The number of hydrogen-bond acceptors (Lipinski definition) is 7. The van der Waals surface area contributed by atoms with E-state index in [1.54, 1.807) is 24.3 Å². The summed E-state index contributed by atoms with van der Waals surface area (Å²) < 4.78 is 25.9. The SMILES string of the molecule is C=C1C(=O)OC2C[C@@]3(C)CCC=C(COC(=O)CCN(C)C(=O)c4cc(Cc5n[nH]c(=O)c6ccccc56)ccc4F)C3=CC12. The van der Waals surface area contributed by atoms with Crippen molar-refractivity contribution in [1.29, 1.82) is 0 Å². The minimum Gasteiger partial charge on any atom is -0.461 e. The molecule has 10 heteroatoms. The number of carbonyl (C=O) groups is 3. The number of nitrogens with one attached hydrogen (secondary N) is 1. The molecule has 3 aliphatic rings. The monoisotopic (exact) mass is 611 g/mol. The lowest BCUT2D eigenvalue weighted by atomic mass is 9.63. The maximum absolute atomic E-state index is 14.8. The quantitative estimate of drug-likeness (QED) is 0.287. The third-order valence-electron chi connectivity index (χ3n) is 9.20. The van der Waals surface area contributed by atoms with E-state index in [1.807, 2.05) is 12.1 Å². The van der Waals surface area contributed by atoms with E-state index in [0.717, 1.165) is 24.0 Å². The van der Waals surface area contributed by atoms with Gasteiger partial charge in [-0.2, -0.15) is 5.10 Å². The summed E-state index contributed by atoms with van der Waals surface area (Å²) in [4.78, 5) is 51.4. The number of esters is 2. The second-order valence-corrected chi connectivity index (χ2v) is 12.3. The first-order valence-electron chi connectivity index (χ1n) is 15.0. The number of hydrogen-bond donors (Lipinski definition) is 1. The second kappa shape index (κ2) is 11.9. The predicted octanol–water partition coefficient (Wildman–Crippen LogP) is 4.81. The lowest BCUT2D eigenvalue weighted by molar-refractivity contribution is -0.143. The zero-order valence-corrected chi connectivity index (χ0v) is 25.2. The largest absolute Gasteiger partial charge is 0.461 e. The standard InChI is InChI=1S/C35H34FN3O6/c1-20-25-17-27-22(7-6-13-35(27,2)18-30(25)45-34(20)43)19-44-31(40)12-14-39(3)33(42)26-15-21(10-11-28(26)36)16-29-23-8-4-5-9-24(23)32(41)38-37-29/h4-5,7-11,15,17,25,30H,1,6,12-14,16,18-19H2,2-3H3,(H,38,41)/t25?,30?,35-/m1/s1. The van der Waals surface area contributed by atoms with Crippen LogP contribution in [0.2, 0.25) is 0 Å². The first-order chi connectivity index (χ1) is 21.5. The van der Waals surface area contributed by atoms with Gasteiger partial charge in [0.2, 0.25) is 0 Å². The van der Waals surface area contributed by atoms with Crippen molar-refractivity contribution in [1.82, 2.24) is 15.1 Å². The Morgan fingerprint density at radius 3 is 2.78 bits per heavy atom. The molecule has 2 aliphatic carbocycles. The van der Waals surface area contributed by atoms with E-state index < -0.39 is 17.7 Å². The molecule has 232 valence electrons. The number of fused-ring (bicyclic) bond motifs is 3. The highest BCUT2D eigenvalue weighted by Gasteiger charge is 2.48. The summed E-state index contributed by atoms with van der Waals surface area (Å²) in [7, 11) is 1.51. The molecule has 9 nitrogen and oxygen atoms in total. The molecule has 1 aromatic heterocycles. The number of benzene rings is 2. The van der Waals surface area contributed by atoms with Gasteiger partial charge in [0.05, 0.1) is 23.1 Å². The van der Waals surface area contributed by atoms with Crippen molar-refractivity contribution >= 4 is 28.6 Å². The van der Waals surface area contributed by atoms with Gasteiger partial charge in [-0.15, -0.1) is 0 Å². The summed E-state index contributed by atoms with van der Waals surface area (Å²) in [6, 6.07) is 11.4. The van der Waals surface area contributed by atoms with Crippen LogP contribution in [0, 0.1) is 17.2 Å². The predicted molar refractivity (Wildman–Crippen MR) is 165 cm³/mol. The van der Waals surface area contributed by atoms with Crippen molar-refractivity contribution in [3.8, 4) is 0 Å². The number of halogens is 1. The molecule has 0 radical (unpaired) electrons. The van der Waals surface area contributed by atoms with Gasteiger partial charge in [-0.1, -0.05) is 49.9 Å². The van der Waals surface area contributed by atoms with Crippen LogP contribution in [0.15, 0.2) is 82.7 Å². The van der Waals surface area contributed by atoms with Crippen LogP contribution < -0.4 is 5.56 Å². The number of aromatic amines is 1. The van der Waals surface area contributed by atoms with Crippen LogP contribution in [0.3, 0.4) is 0 Å². The van der Waals surface area contributed by atoms with Crippen LogP contribution in [-0.4, -0.2) is 59.2 Å². The minimum absolute atomic E-state index is 0.0376. The van der Waals surface area contributed by atoms with E-state index in [0.29, 0.717) is 34.0 Å². The second-order valence-electron chi connectivity index (χ2n) is 12.3. The average molecular weight is 612 g/mol. The molecule has 0 saturated carbocycles. The molecule has 3 aromatic rings. The fourth-order valence-corrected chi connectivity index (χ4v) is 6.64. The van der Waals surface area contributed by atoms with E-state index in [9.17, 15) is 23.6 Å². The Morgan fingerprint density at radius 2 is 1.98 bits per heavy atom. The van der Waals surface area contributed by atoms with Crippen LogP contribution in [0.4, 0.5) is 4.39 Å². The summed E-state index contributed by atoms with van der Waals surface area (Å²) in [6.45, 7) is 6.17. The number of rotatable bonds is 8. The lowest BCUT2D eigenvalue weighted by Crippen LogP contribution is -2.36. The zero-order chi connectivity index (χ0) is 31.9. The van der Waals surface area contributed by atoms with Gasteiger partial charge in [-0.25, -0.2) is 14.3 Å². The van der Waals surface area contributed by atoms with Crippen molar-refractivity contribution in [2.45, 2.75) is 45.1 Å². The summed E-state index contributed by atoms with van der Waals surface area (Å²) in [6.07, 6.45) is 6.54. The van der Waals surface area contributed by atoms with E-state index in [-0.39, 0.29) is 60.5 Å². The van der Waals surface area contributed by atoms with Crippen LogP contribution in [0.5, 0.6) is 0 Å². The summed E-state index contributed by atoms with van der Waals surface area (Å²) in [5, 5.41) is 7.84.